The molecule has 0 aromatic heterocycles. The van der Waals surface area contributed by atoms with E-state index in [0.29, 0.717) is 13.1 Å². The largest absolute Gasteiger partial charge is 0.444 e. The van der Waals surface area contributed by atoms with E-state index in [1.807, 2.05) is 20.8 Å². The zero-order valence-electron chi connectivity index (χ0n) is 14.6. The fourth-order valence-electron chi connectivity index (χ4n) is 2.81. The molecule has 122 valence electrons. The number of amides is 1. The highest BCUT2D eigenvalue weighted by molar-refractivity contribution is 5.68. The van der Waals surface area contributed by atoms with Crippen molar-refractivity contribution in [2.75, 3.05) is 19.6 Å². The van der Waals surface area contributed by atoms with E-state index in [9.17, 15) is 4.79 Å². The molecule has 1 N–H and O–H groups in total. The lowest BCUT2D eigenvalue weighted by atomic mass is 9.94. The summed E-state index contributed by atoms with van der Waals surface area (Å²) in [5.74, 6) is 0. The lowest BCUT2D eigenvalue weighted by Gasteiger charge is -2.35. The number of carbonyl (C=O) groups is 1. The first-order chi connectivity index (χ1) is 10.2. The van der Waals surface area contributed by atoms with Crippen LogP contribution in [-0.2, 0) is 4.74 Å². The summed E-state index contributed by atoms with van der Waals surface area (Å²) in [6.45, 7) is 14.2. The van der Waals surface area contributed by atoms with Crippen LogP contribution in [0, 0.1) is 20.8 Å². The molecule has 0 saturated carbocycles. The quantitative estimate of drug-likeness (QED) is 0.863. The first kappa shape index (κ1) is 16.8. The highest BCUT2D eigenvalue weighted by Gasteiger charge is 2.28. The zero-order valence-corrected chi connectivity index (χ0v) is 14.6. The molecule has 1 heterocycles. The Morgan fingerprint density at radius 1 is 1.18 bits per heavy atom. The van der Waals surface area contributed by atoms with Crippen LogP contribution in [0.15, 0.2) is 12.1 Å². The van der Waals surface area contributed by atoms with Gasteiger partial charge in [0, 0.05) is 19.6 Å². The van der Waals surface area contributed by atoms with E-state index in [1.54, 1.807) is 4.90 Å². The standard InChI is InChI=1S/C18H28N2O2/c1-12-9-14(3)15(10-13(12)2)16-11-20(8-7-19-16)17(21)22-18(4,5)6/h9-10,16,19H,7-8,11H2,1-6H3. The van der Waals surface area contributed by atoms with Gasteiger partial charge in [-0.05, 0) is 63.8 Å². The van der Waals surface area contributed by atoms with Gasteiger partial charge in [0.1, 0.15) is 5.60 Å². The number of ether oxygens (including phenoxy) is 1. The number of nitrogens with one attached hydrogen (secondary N) is 1. The van der Waals surface area contributed by atoms with Crippen LogP contribution in [0.5, 0.6) is 0 Å². The topological polar surface area (TPSA) is 41.6 Å². The summed E-state index contributed by atoms with van der Waals surface area (Å²) in [6.07, 6.45) is -0.222. The molecule has 1 fully saturated rings. The molecule has 1 aliphatic heterocycles. The van der Waals surface area contributed by atoms with E-state index in [1.165, 1.54) is 22.3 Å². The maximum atomic E-state index is 12.3. The van der Waals surface area contributed by atoms with Crippen molar-refractivity contribution in [2.24, 2.45) is 0 Å². The van der Waals surface area contributed by atoms with E-state index in [4.69, 9.17) is 4.74 Å². The molecule has 1 aliphatic rings. The highest BCUT2D eigenvalue weighted by atomic mass is 16.6. The molecular weight excluding hydrogens is 276 g/mol. The lowest BCUT2D eigenvalue weighted by molar-refractivity contribution is 0.0195. The predicted octanol–water partition coefficient (Wildman–Crippen LogP) is 3.49. The summed E-state index contributed by atoms with van der Waals surface area (Å²) in [6, 6.07) is 4.63. The van der Waals surface area contributed by atoms with Gasteiger partial charge in [0.05, 0.1) is 6.04 Å². The van der Waals surface area contributed by atoms with Gasteiger partial charge in [-0.15, -0.1) is 0 Å². The molecule has 1 atom stereocenters. The molecule has 22 heavy (non-hydrogen) atoms. The number of hydrogen-bond acceptors (Lipinski definition) is 3. The zero-order chi connectivity index (χ0) is 16.5. The Balaban J connectivity index is 2.14. The molecule has 4 nitrogen and oxygen atoms in total. The van der Waals surface area contributed by atoms with Gasteiger partial charge in [0.15, 0.2) is 0 Å². The Kier molecular flexibility index (Phi) is 4.81. The van der Waals surface area contributed by atoms with Crippen molar-refractivity contribution < 1.29 is 9.53 Å². The van der Waals surface area contributed by atoms with Gasteiger partial charge in [-0.2, -0.15) is 0 Å². The Hall–Kier alpha value is -1.55. The van der Waals surface area contributed by atoms with Crippen LogP contribution >= 0.6 is 0 Å². The van der Waals surface area contributed by atoms with Crippen LogP contribution in [0.25, 0.3) is 0 Å². The monoisotopic (exact) mass is 304 g/mol. The number of rotatable bonds is 1. The molecule has 0 spiro atoms. The molecule has 1 saturated heterocycles. The summed E-state index contributed by atoms with van der Waals surface area (Å²) >= 11 is 0. The Labute approximate surface area is 133 Å². The van der Waals surface area contributed by atoms with Gasteiger partial charge in [-0.1, -0.05) is 12.1 Å². The Morgan fingerprint density at radius 3 is 2.45 bits per heavy atom. The summed E-state index contributed by atoms with van der Waals surface area (Å²) in [5, 5.41) is 3.52. The van der Waals surface area contributed by atoms with Gasteiger partial charge in [0.25, 0.3) is 0 Å². The average Bonchev–Trinajstić information content (AvgIpc) is 2.41. The summed E-state index contributed by atoms with van der Waals surface area (Å²) in [4.78, 5) is 14.1. The minimum atomic E-state index is -0.451. The Bertz CT molecular complexity index is 561. The maximum absolute atomic E-state index is 12.3. The molecule has 2 rings (SSSR count). The third-order valence-electron chi connectivity index (χ3n) is 4.08. The smallest absolute Gasteiger partial charge is 0.410 e. The summed E-state index contributed by atoms with van der Waals surface area (Å²) < 4.78 is 5.49. The summed E-state index contributed by atoms with van der Waals surface area (Å²) in [5.41, 5.74) is 4.69. The van der Waals surface area contributed by atoms with E-state index in [-0.39, 0.29) is 12.1 Å². The van der Waals surface area contributed by atoms with Crippen LogP contribution in [0.1, 0.15) is 49.1 Å². The van der Waals surface area contributed by atoms with Gasteiger partial charge >= 0.3 is 6.09 Å². The van der Waals surface area contributed by atoms with E-state index < -0.39 is 5.60 Å². The van der Waals surface area contributed by atoms with Crippen molar-refractivity contribution in [3.8, 4) is 0 Å². The summed E-state index contributed by atoms with van der Waals surface area (Å²) in [7, 11) is 0. The molecule has 1 unspecified atom stereocenters. The molecule has 0 aliphatic carbocycles. The van der Waals surface area contributed by atoms with Crippen molar-refractivity contribution in [3.05, 3.63) is 34.4 Å². The highest BCUT2D eigenvalue weighted by Crippen LogP contribution is 2.25. The van der Waals surface area contributed by atoms with Gasteiger partial charge in [0.2, 0.25) is 0 Å². The molecular formula is C18H28N2O2. The molecule has 1 aromatic rings. The van der Waals surface area contributed by atoms with Gasteiger partial charge in [-0.3, -0.25) is 0 Å². The molecule has 0 bridgehead atoms. The SMILES string of the molecule is Cc1cc(C)c(C2CN(C(=O)OC(C)(C)C)CCN2)cc1C. The van der Waals surface area contributed by atoms with Crippen molar-refractivity contribution in [1.82, 2.24) is 10.2 Å². The molecule has 0 radical (unpaired) electrons. The third-order valence-corrected chi connectivity index (χ3v) is 4.08. The van der Waals surface area contributed by atoms with Crippen molar-refractivity contribution in [1.29, 1.82) is 0 Å². The Morgan fingerprint density at radius 2 is 1.82 bits per heavy atom. The minimum Gasteiger partial charge on any atom is -0.444 e. The van der Waals surface area contributed by atoms with Crippen LogP contribution in [-0.4, -0.2) is 36.2 Å². The van der Waals surface area contributed by atoms with Crippen LogP contribution in [0.3, 0.4) is 0 Å². The van der Waals surface area contributed by atoms with Gasteiger partial charge < -0.3 is 15.0 Å². The first-order valence-electron chi connectivity index (χ1n) is 7.96. The number of aryl methyl sites for hydroxylation is 3. The number of nitrogens with zero attached hydrogens (tertiary/aromatic N) is 1. The minimum absolute atomic E-state index is 0.167. The van der Waals surface area contributed by atoms with Crippen molar-refractivity contribution in [2.45, 2.75) is 53.2 Å². The van der Waals surface area contributed by atoms with Crippen LogP contribution in [0.2, 0.25) is 0 Å². The first-order valence-corrected chi connectivity index (χ1v) is 7.96. The molecule has 4 heteroatoms. The fraction of sp³-hybridized carbons (Fsp3) is 0.611. The lowest BCUT2D eigenvalue weighted by Crippen LogP contribution is -2.49. The van der Waals surface area contributed by atoms with Crippen LogP contribution < -0.4 is 5.32 Å². The number of piperazine rings is 1. The van der Waals surface area contributed by atoms with E-state index >= 15 is 0 Å². The second kappa shape index (κ2) is 6.29. The predicted molar refractivity (Wildman–Crippen MR) is 89.2 cm³/mol. The maximum Gasteiger partial charge on any atom is 0.410 e. The average molecular weight is 304 g/mol. The number of hydrogen-bond donors (Lipinski definition) is 1. The molecule has 1 aromatic carbocycles. The third kappa shape index (κ3) is 4.01. The van der Waals surface area contributed by atoms with Crippen molar-refractivity contribution >= 4 is 6.09 Å². The number of benzene rings is 1. The fourth-order valence-corrected chi connectivity index (χ4v) is 2.81. The van der Waals surface area contributed by atoms with Crippen molar-refractivity contribution in [3.63, 3.8) is 0 Å². The van der Waals surface area contributed by atoms with Crippen LogP contribution in [0.4, 0.5) is 4.79 Å². The normalized spacial score (nSPS) is 19.2. The second-order valence-corrected chi connectivity index (χ2v) is 7.23. The number of carbonyl (C=O) groups excluding carboxylic acids is 1. The van der Waals surface area contributed by atoms with E-state index in [0.717, 1.165) is 6.54 Å². The van der Waals surface area contributed by atoms with E-state index in [2.05, 4.69) is 38.2 Å². The van der Waals surface area contributed by atoms with Gasteiger partial charge in [-0.25, -0.2) is 4.79 Å². The molecule has 1 amide bonds. The second-order valence-electron chi connectivity index (χ2n) is 7.23.